The molecule has 0 unspecified atom stereocenters. The first kappa shape index (κ1) is 17.4. The van der Waals surface area contributed by atoms with Crippen molar-refractivity contribution in [3.05, 3.63) is 30.1 Å². The summed E-state index contributed by atoms with van der Waals surface area (Å²) in [6, 6.07) is 4.85. The molecule has 3 rings (SSSR count). The predicted octanol–water partition coefficient (Wildman–Crippen LogP) is 2.18. The summed E-state index contributed by atoms with van der Waals surface area (Å²) >= 11 is 0. The molecule has 1 N–H and O–H groups in total. The Hall–Kier alpha value is -1.47. The third kappa shape index (κ3) is 3.19. The molecule has 0 radical (unpaired) electrons. The van der Waals surface area contributed by atoms with Crippen molar-refractivity contribution in [1.29, 1.82) is 0 Å². The standard InChI is InChI=1S/C17H22FNO4S/c18-14-4-6-15(7-5-14)24(22,23)10-2-9-19-11-13-3-1-8-17(13,12-19)16(20)21/h4-7,13H,1-3,8-12H2,(H,20,21)/t13-,17+/m0/s1. The van der Waals surface area contributed by atoms with Crippen LogP contribution in [0.25, 0.3) is 0 Å². The van der Waals surface area contributed by atoms with Gasteiger partial charge in [-0.1, -0.05) is 6.42 Å². The molecule has 1 aromatic rings. The molecule has 1 saturated heterocycles. The van der Waals surface area contributed by atoms with Crippen LogP contribution >= 0.6 is 0 Å². The number of aliphatic carboxylic acids is 1. The summed E-state index contributed by atoms with van der Waals surface area (Å²) in [5.74, 6) is -1.01. The zero-order valence-electron chi connectivity index (χ0n) is 13.4. The van der Waals surface area contributed by atoms with Crippen molar-refractivity contribution in [3.63, 3.8) is 0 Å². The average Bonchev–Trinajstić information content (AvgIpc) is 3.05. The summed E-state index contributed by atoms with van der Waals surface area (Å²) in [6.45, 7) is 1.83. The van der Waals surface area contributed by atoms with Crippen molar-refractivity contribution >= 4 is 15.8 Å². The summed E-state index contributed by atoms with van der Waals surface area (Å²) < 4.78 is 37.4. The van der Waals surface area contributed by atoms with Gasteiger partial charge in [0.05, 0.1) is 16.1 Å². The van der Waals surface area contributed by atoms with Gasteiger partial charge in [0, 0.05) is 13.1 Å². The number of hydrogen-bond acceptors (Lipinski definition) is 4. The number of sulfone groups is 1. The highest BCUT2D eigenvalue weighted by atomic mass is 32.2. The van der Waals surface area contributed by atoms with E-state index in [-0.39, 0.29) is 16.6 Å². The molecule has 132 valence electrons. The molecule has 2 fully saturated rings. The molecule has 2 aliphatic rings. The molecule has 1 heterocycles. The molecule has 5 nitrogen and oxygen atoms in total. The number of fused-ring (bicyclic) bond motifs is 1. The molecule has 0 spiro atoms. The molecular formula is C17H22FNO4S. The van der Waals surface area contributed by atoms with Gasteiger partial charge in [-0.25, -0.2) is 12.8 Å². The molecule has 0 amide bonds. The minimum atomic E-state index is -3.43. The fourth-order valence-electron chi connectivity index (χ4n) is 4.15. The molecule has 1 aliphatic heterocycles. The SMILES string of the molecule is O=C(O)[C@@]12CCC[C@H]1CN(CCCS(=O)(=O)c1ccc(F)cc1)C2. The van der Waals surface area contributed by atoms with Crippen LogP contribution in [-0.2, 0) is 14.6 Å². The Kier molecular flexibility index (Phi) is 4.66. The molecule has 7 heteroatoms. The number of nitrogens with zero attached hydrogens (tertiary/aromatic N) is 1. The lowest BCUT2D eigenvalue weighted by Gasteiger charge is -2.23. The first-order valence-electron chi connectivity index (χ1n) is 8.28. The molecule has 2 atom stereocenters. The largest absolute Gasteiger partial charge is 0.481 e. The fraction of sp³-hybridized carbons (Fsp3) is 0.588. The molecule has 24 heavy (non-hydrogen) atoms. The topological polar surface area (TPSA) is 74.7 Å². The van der Waals surface area contributed by atoms with Crippen molar-refractivity contribution in [3.8, 4) is 0 Å². The van der Waals surface area contributed by atoms with E-state index in [2.05, 4.69) is 4.90 Å². The van der Waals surface area contributed by atoms with Crippen molar-refractivity contribution < 1.29 is 22.7 Å². The van der Waals surface area contributed by atoms with Crippen molar-refractivity contribution in [2.24, 2.45) is 11.3 Å². The van der Waals surface area contributed by atoms with Crippen LogP contribution in [0.2, 0.25) is 0 Å². The van der Waals surface area contributed by atoms with Gasteiger partial charge in [-0.2, -0.15) is 0 Å². The number of carbonyl (C=O) groups is 1. The maximum absolute atomic E-state index is 12.9. The fourth-order valence-corrected chi connectivity index (χ4v) is 5.45. The van der Waals surface area contributed by atoms with E-state index in [0.717, 1.165) is 37.9 Å². The predicted molar refractivity (Wildman–Crippen MR) is 86.9 cm³/mol. The Morgan fingerprint density at radius 1 is 1.33 bits per heavy atom. The van der Waals surface area contributed by atoms with Crippen molar-refractivity contribution in [1.82, 2.24) is 4.90 Å². The van der Waals surface area contributed by atoms with Crippen LogP contribution in [0.1, 0.15) is 25.7 Å². The first-order valence-corrected chi connectivity index (χ1v) is 9.93. The van der Waals surface area contributed by atoms with Gasteiger partial charge in [0.2, 0.25) is 0 Å². The van der Waals surface area contributed by atoms with Crippen LogP contribution in [0.3, 0.4) is 0 Å². The van der Waals surface area contributed by atoms with Gasteiger partial charge in [0.25, 0.3) is 0 Å². The normalized spacial score (nSPS) is 27.3. The zero-order valence-corrected chi connectivity index (χ0v) is 14.3. The maximum atomic E-state index is 12.9. The molecular weight excluding hydrogens is 333 g/mol. The number of carboxylic acids is 1. The Morgan fingerprint density at radius 3 is 2.67 bits per heavy atom. The molecule has 1 saturated carbocycles. The second-order valence-corrected chi connectivity index (χ2v) is 9.02. The van der Waals surface area contributed by atoms with Crippen LogP contribution < -0.4 is 0 Å². The highest BCUT2D eigenvalue weighted by Crippen LogP contribution is 2.48. The first-order chi connectivity index (χ1) is 11.3. The number of halogens is 1. The second kappa shape index (κ2) is 6.44. The van der Waals surface area contributed by atoms with E-state index in [1.807, 2.05) is 0 Å². The summed E-state index contributed by atoms with van der Waals surface area (Å²) in [5.41, 5.74) is -0.629. The molecule has 1 aliphatic carbocycles. The van der Waals surface area contributed by atoms with Crippen LogP contribution in [0, 0.1) is 17.2 Å². The Morgan fingerprint density at radius 2 is 2.04 bits per heavy atom. The second-order valence-electron chi connectivity index (χ2n) is 6.91. The summed E-state index contributed by atoms with van der Waals surface area (Å²) in [7, 11) is -3.43. The third-order valence-corrected chi connectivity index (χ3v) is 7.24. The zero-order chi connectivity index (χ0) is 17.4. The van der Waals surface area contributed by atoms with Crippen LogP contribution in [0.5, 0.6) is 0 Å². The number of rotatable bonds is 6. The highest BCUT2D eigenvalue weighted by molar-refractivity contribution is 7.91. The lowest BCUT2D eigenvalue weighted by Crippen LogP contribution is -2.36. The maximum Gasteiger partial charge on any atom is 0.311 e. The van der Waals surface area contributed by atoms with Gasteiger partial charge >= 0.3 is 5.97 Å². The molecule has 1 aromatic carbocycles. The number of carboxylic acid groups (broad SMARTS) is 1. The van der Waals surface area contributed by atoms with E-state index in [1.165, 1.54) is 12.1 Å². The average molecular weight is 355 g/mol. The minimum Gasteiger partial charge on any atom is -0.481 e. The van der Waals surface area contributed by atoms with Gasteiger partial charge in [-0.15, -0.1) is 0 Å². The van der Waals surface area contributed by atoms with E-state index >= 15 is 0 Å². The lowest BCUT2D eigenvalue weighted by molar-refractivity contribution is -0.149. The third-order valence-electron chi connectivity index (χ3n) is 5.43. The highest BCUT2D eigenvalue weighted by Gasteiger charge is 2.54. The van der Waals surface area contributed by atoms with Crippen LogP contribution in [0.15, 0.2) is 29.2 Å². The van der Waals surface area contributed by atoms with Gasteiger partial charge in [0.15, 0.2) is 9.84 Å². The Labute approximate surface area is 141 Å². The van der Waals surface area contributed by atoms with Crippen LogP contribution in [-0.4, -0.2) is 49.8 Å². The number of benzene rings is 1. The van der Waals surface area contributed by atoms with E-state index in [0.29, 0.717) is 19.5 Å². The Bertz CT molecular complexity index is 719. The molecule has 0 bridgehead atoms. The van der Waals surface area contributed by atoms with Gasteiger partial charge in [0.1, 0.15) is 5.82 Å². The van der Waals surface area contributed by atoms with E-state index in [4.69, 9.17) is 0 Å². The van der Waals surface area contributed by atoms with Crippen molar-refractivity contribution in [2.45, 2.75) is 30.6 Å². The Balaban J connectivity index is 1.56. The van der Waals surface area contributed by atoms with E-state index < -0.39 is 27.0 Å². The summed E-state index contributed by atoms with van der Waals surface area (Å²) in [4.78, 5) is 13.9. The summed E-state index contributed by atoms with van der Waals surface area (Å²) in [6.07, 6.45) is 3.07. The number of hydrogen-bond donors (Lipinski definition) is 1. The lowest BCUT2D eigenvalue weighted by atomic mass is 9.81. The van der Waals surface area contributed by atoms with Gasteiger partial charge < -0.3 is 10.0 Å². The van der Waals surface area contributed by atoms with Crippen LogP contribution in [0.4, 0.5) is 4.39 Å². The molecule has 0 aromatic heterocycles. The smallest absolute Gasteiger partial charge is 0.311 e. The van der Waals surface area contributed by atoms with E-state index in [9.17, 15) is 22.7 Å². The van der Waals surface area contributed by atoms with Crippen molar-refractivity contribution in [2.75, 3.05) is 25.4 Å². The van der Waals surface area contributed by atoms with E-state index in [1.54, 1.807) is 0 Å². The summed E-state index contributed by atoms with van der Waals surface area (Å²) in [5, 5.41) is 9.56. The van der Waals surface area contributed by atoms with Gasteiger partial charge in [-0.3, -0.25) is 4.79 Å². The minimum absolute atomic E-state index is 0.0140. The quantitative estimate of drug-likeness (QED) is 0.792. The number of likely N-dealkylation sites (tertiary alicyclic amines) is 1. The monoisotopic (exact) mass is 355 g/mol. The van der Waals surface area contributed by atoms with Gasteiger partial charge in [-0.05, 0) is 56.0 Å².